The van der Waals surface area contributed by atoms with E-state index in [0.717, 1.165) is 43.0 Å². The second-order valence-electron chi connectivity index (χ2n) is 5.50. The smallest absolute Gasteiger partial charge is 0.175 e. The van der Waals surface area contributed by atoms with Gasteiger partial charge in [-0.1, -0.05) is 12.1 Å². The Morgan fingerprint density at radius 2 is 1.81 bits per heavy atom. The number of nitrogens with one attached hydrogen (secondary N) is 2. The van der Waals surface area contributed by atoms with Crippen LogP contribution in [-0.4, -0.2) is 37.7 Å². The molecule has 0 aliphatic carbocycles. The minimum Gasteiger partial charge on any atom is -0.342 e. The minimum atomic E-state index is -3.15. The molecule has 2 heterocycles. The molecule has 0 atom stereocenters. The van der Waals surface area contributed by atoms with Gasteiger partial charge in [0.05, 0.1) is 16.8 Å². The molecule has 0 saturated carbocycles. The van der Waals surface area contributed by atoms with E-state index >= 15 is 0 Å². The molecule has 6 heteroatoms. The summed E-state index contributed by atoms with van der Waals surface area (Å²) in [6.07, 6.45) is 5.24. The number of nitrogens with zero attached hydrogens (tertiary/aromatic N) is 1. The number of aromatic nitrogens is 2. The molecule has 2 aromatic rings. The van der Waals surface area contributed by atoms with Crippen LogP contribution in [0.15, 0.2) is 35.4 Å². The number of sulfone groups is 1. The lowest BCUT2D eigenvalue weighted by molar-refractivity contribution is 0.447. The van der Waals surface area contributed by atoms with Gasteiger partial charge in [-0.15, -0.1) is 0 Å². The normalized spacial score (nSPS) is 17.0. The summed E-state index contributed by atoms with van der Waals surface area (Å²) in [5, 5.41) is 3.34. The average Bonchev–Trinajstić information content (AvgIpc) is 2.97. The zero-order valence-corrected chi connectivity index (χ0v) is 12.8. The second-order valence-corrected chi connectivity index (χ2v) is 7.52. The Morgan fingerprint density at radius 3 is 2.43 bits per heavy atom. The monoisotopic (exact) mass is 305 g/mol. The Morgan fingerprint density at radius 1 is 1.14 bits per heavy atom. The molecule has 0 amide bonds. The maximum atomic E-state index is 11.5. The summed E-state index contributed by atoms with van der Waals surface area (Å²) in [5.41, 5.74) is 1.89. The van der Waals surface area contributed by atoms with Crippen molar-refractivity contribution in [2.24, 2.45) is 0 Å². The van der Waals surface area contributed by atoms with Gasteiger partial charge in [-0.2, -0.15) is 0 Å². The molecule has 112 valence electrons. The molecule has 1 aromatic heterocycles. The molecule has 1 aromatic carbocycles. The van der Waals surface area contributed by atoms with Gasteiger partial charge in [0, 0.05) is 12.2 Å². The molecule has 3 rings (SSSR count). The van der Waals surface area contributed by atoms with Crippen LogP contribution < -0.4 is 5.32 Å². The summed E-state index contributed by atoms with van der Waals surface area (Å²) in [6, 6.07) is 6.90. The van der Waals surface area contributed by atoms with Gasteiger partial charge in [0.25, 0.3) is 0 Å². The third-order valence-corrected chi connectivity index (χ3v) is 5.04. The summed E-state index contributed by atoms with van der Waals surface area (Å²) < 4.78 is 22.9. The van der Waals surface area contributed by atoms with Gasteiger partial charge in [0.15, 0.2) is 9.84 Å². The minimum absolute atomic E-state index is 0.337. The lowest BCUT2D eigenvalue weighted by Crippen LogP contribution is -2.27. The molecule has 21 heavy (non-hydrogen) atoms. The number of H-pyrrole nitrogens is 1. The quantitative estimate of drug-likeness (QED) is 0.909. The SMILES string of the molecule is CS(=O)(=O)c1ccc(-c2cnc(C3CCNCC3)[nH]2)cc1. The van der Waals surface area contributed by atoms with Gasteiger partial charge < -0.3 is 10.3 Å². The van der Waals surface area contributed by atoms with Crippen LogP contribution in [0.5, 0.6) is 0 Å². The highest BCUT2D eigenvalue weighted by atomic mass is 32.2. The first-order valence-electron chi connectivity index (χ1n) is 7.10. The van der Waals surface area contributed by atoms with Crippen molar-refractivity contribution in [3.8, 4) is 11.3 Å². The highest BCUT2D eigenvalue weighted by Crippen LogP contribution is 2.26. The van der Waals surface area contributed by atoms with Gasteiger partial charge in [-0.05, 0) is 43.6 Å². The Labute approximate surface area is 124 Å². The molecule has 1 fully saturated rings. The van der Waals surface area contributed by atoms with E-state index in [9.17, 15) is 8.42 Å². The Kier molecular flexibility index (Phi) is 3.82. The van der Waals surface area contributed by atoms with E-state index in [1.54, 1.807) is 12.1 Å². The summed E-state index contributed by atoms with van der Waals surface area (Å²) in [7, 11) is -3.15. The lowest BCUT2D eigenvalue weighted by Gasteiger charge is -2.20. The van der Waals surface area contributed by atoms with E-state index in [1.807, 2.05) is 18.3 Å². The van der Waals surface area contributed by atoms with Crippen molar-refractivity contribution >= 4 is 9.84 Å². The lowest BCUT2D eigenvalue weighted by atomic mass is 9.98. The van der Waals surface area contributed by atoms with Crippen LogP contribution in [0, 0.1) is 0 Å². The van der Waals surface area contributed by atoms with Crippen molar-refractivity contribution in [3.05, 3.63) is 36.3 Å². The maximum absolute atomic E-state index is 11.5. The van der Waals surface area contributed by atoms with Gasteiger partial charge in [0.2, 0.25) is 0 Å². The van der Waals surface area contributed by atoms with Crippen molar-refractivity contribution in [2.45, 2.75) is 23.7 Å². The number of imidazole rings is 1. The fourth-order valence-corrected chi connectivity index (χ4v) is 3.30. The summed E-state index contributed by atoms with van der Waals surface area (Å²) >= 11 is 0. The highest BCUT2D eigenvalue weighted by molar-refractivity contribution is 7.90. The first kappa shape index (κ1) is 14.3. The fourth-order valence-electron chi connectivity index (χ4n) is 2.67. The van der Waals surface area contributed by atoms with Crippen LogP contribution in [0.2, 0.25) is 0 Å². The number of aromatic amines is 1. The predicted molar refractivity (Wildman–Crippen MR) is 82.0 cm³/mol. The molecule has 5 nitrogen and oxygen atoms in total. The van der Waals surface area contributed by atoms with Crippen LogP contribution >= 0.6 is 0 Å². The van der Waals surface area contributed by atoms with Gasteiger partial charge in [-0.3, -0.25) is 0 Å². The fraction of sp³-hybridized carbons (Fsp3) is 0.400. The second kappa shape index (κ2) is 5.61. The van der Waals surface area contributed by atoms with E-state index in [1.165, 1.54) is 6.26 Å². The molecule has 0 bridgehead atoms. The van der Waals surface area contributed by atoms with Gasteiger partial charge in [0.1, 0.15) is 5.82 Å². The highest BCUT2D eigenvalue weighted by Gasteiger charge is 2.18. The van der Waals surface area contributed by atoms with Crippen molar-refractivity contribution in [2.75, 3.05) is 19.3 Å². The molecule has 0 radical (unpaired) electrons. The van der Waals surface area contributed by atoms with E-state index in [-0.39, 0.29) is 0 Å². The molecular weight excluding hydrogens is 286 g/mol. The third-order valence-electron chi connectivity index (χ3n) is 3.91. The molecule has 2 N–H and O–H groups in total. The van der Waals surface area contributed by atoms with Crippen LogP contribution in [0.3, 0.4) is 0 Å². The van der Waals surface area contributed by atoms with Crippen molar-refractivity contribution < 1.29 is 8.42 Å². The topological polar surface area (TPSA) is 74.8 Å². The van der Waals surface area contributed by atoms with Crippen LogP contribution in [-0.2, 0) is 9.84 Å². The van der Waals surface area contributed by atoms with Crippen molar-refractivity contribution in [3.63, 3.8) is 0 Å². The zero-order chi connectivity index (χ0) is 14.9. The maximum Gasteiger partial charge on any atom is 0.175 e. The first-order chi connectivity index (χ1) is 10.0. The van der Waals surface area contributed by atoms with Crippen LogP contribution in [0.25, 0.3) is 11.3 Å². The van der Waals surface area contributed by atoms with Crippen LogP contribution in [0.4, 0.5) is 0 Å². The Hall–Kier alpha value is -1.66. The number of rotatable bonds is 3. The molecule has 0 spiro atoms. The van der Waals surface area contributed by atoms with Crippen molar-refractivity contribution in [1.82, 2.24) is 15.3 Å². The largest absolute Gasteiger partial charge is 0.342 e. The number of hydrogen-bond donors (Lipinski definition) is 2. The summed E-state index contributed by atoms with van der Waals surface area (Å²) in [4.78, 5) is 8.19. The standard InChI is InChI=1S/C15H19N3O2S/c1-21(19,20)13-4-2-11(3-5-13)14-10-17-15(18-14)12-6-8-16-9-7-12/h2-5,10,12,16H,6-9H2,1H3,(H,17,18). The van der Waals surface area contributed by atoms with Crippen molar-refractivity contribution in [1.29, 1.82) is 0 Å². The number of benzene rings is 1. The Bertz CT molecular complexity index is 714. The molecular formula is C15H19N3O2S. The molecule has 0 unspecified atom stereocenters. The first-order valence-corrected chi connectivity index (χ1v) is 8.99. The molecule has 1 aliphatic rings. The third kappa shape index (κ3) is 3.16. The Balaban J connectivity index is 1.82. The number of hydrogen-bond acceptors (Lipinski definition) is 4. The predicted octanol–water partition coefficient (Wildman–Crippen LogP) is 1.95. The van der Waals surface area contributed by atoms with E-state index < -0.39 is 9.84 Å². The summed E-state index contributed by atoms with van der Waals surface area (Å²) in [5.74, 6) is 1.51. The van der Waals surface area contributed by atoms with E-state index in [2.05, 4.69) is 15.3 Å². The average molecular weight is 305 g/mol. The van der Waals surface area contributed by atoms with Crippen LogP contribution in [0.1, 0.15) is 24.6 Å². The van der Waals surface area contributed by atoms with Gasteiger partial charge in [-0.25, -0.2) is 13.4 Å². The van der Waals surface area contributed by atoms with E-state index in [0.29, 0.717) is 10.8 Å². The zero-order valence-electron chi connectivity index (χ0n) is 12.0. The summed E-state index contributed by atoms with van der Waals surface area (Å²) in [6.45, 7) is 2.06. The molecule has 1 saturated heterocycles. The molecule has 1 aliphatic heterocycles. The number of piperidine rings is 1. The van der Waals surface area contributed by atoms with Gasteiger partial charge >= 0.3 is 0 Å². The van der Waals surface area contributed by atoms with E-state index in [4.69, 9.17) is 0 Å².